The summed E-state index contributed by atoms with van der Waals surface area (Å²) in [5.41, 5.74) is 2.47. The maximum atomic E-state index is 5.63. The summed E-state index contributed by atoms with van der Waals surface area (Å²) in [6.07, 6.45) is 0. The van der Waals surface area contributed by atoms with Crippen LogP contribution in [-0.4, -0.2) is 0 Å². The molecule has 2 rings (SSSR count). The van der Waals surface area contributed by atoms with Crippen molar-refractivity contribution in [1.29, 1.82) is 0 Å². The summed E-state index contributed by atoms with van der Waals surface area (Å²) in [6, 6.07) is 18.3. The minimum atomic E-state index is 0.629. The second-order valence-electron chi connectivity index (χ2n) is 3.59. The lowest BCUT2D eigenvalue weighted by molar-refractivity contribution is 0.306. The first-order chi connectivity index (χ1) is 7.34. The van der Waals surface area contributed by atoms with E-state index in [1.807, 2.05) is 30.3 Å². The van der Waals surface area contributed by atoms with E-state index in [4.69, 9.17) is 4.74 Å². The number of benzene rings is 2. The SMILES string of the molecule is Cc1ccc(COc2ccccc2)cc1. The van der Waals surface area contributed by atoms with Crippen LogP contribution in [-0.2, 0) is 6.61 Å². The Morgan fingerprint density at radius 2 is 1.53 bits per heavy atom. The summed E-state index contributed by atoms with van der Waals surface area (Å²) in [5.74, 6) is 0.915. The molecule has 0 bridgehead atoms. The Bertz CT molecular complexity index is 403. The number of aryl methyl sites for hydroxylation is 1. The number of rotatable bonds is 3. The minimum absolute atomic E-state index is 0.629. The monoisotopic (exact) mass is 198 g/mol. The molecule has 0 saturated carbocycles. The predicted molar refractivity (Wildman–Crippen MR) is 62.0 cm³/mol. The molecule has 0 aliphatic rings. The van der Waals surface area contributed by atoms with E-state index in [0.29, 0.717) is 6.61 Å². The van der Waals surface area contributed by atoms with Crippen LogP contribution in [0.15, 0.2) is 54.6 Å². The molecule has 0 aromatic heterocycles. The first-order valence-electron chi connectivity index (χ1n) is 5.08. The first-order valence-corrected chi connectivity index (χ1v) is 5.08. The Kier molecular flexibility index (Phi) is 3.03. The van der Waals surface area contributed by atoms with Gasteiger partial charge in [0.1, 0.15) is 12.4 Å². The molecule has 0 aliphatic carbocycles. The average molecular weight is 198 g/mol. The van der Waals surface area contributed by atoms with Gasteiger partial charge in [0, 0.05) is 0 Å². The van der Waals surface area contributed by atoms with Crippen molar-refractivity contribution in [2.45, 2.75) is 13.5 Å². The van der Waals surface area contributed by atoms with Crippen LogP contribution in [0, 0.1) is 6.92 Å². The third-order valence-electron chi connectivity index (χ3n) is 2.27. The molecular weight excluding hydrogens is 184 g/mol. The zero-order chi connectivity index (χ0) is 10.5. The van der Waals surface area contributed by atoms with E-state index in [2.05, 4.69) is 31.2 Å². The highest BCUT2D eigenvalue weighted by atomic mass is 16.5. The molecule has 0 N–H and O–H groups in total. The van der Waals surface area contributed by atoms with E-state index in [1.54, 1.807) is 0 Å². The van der Waals surface area contributed by atoms with Gasteiger partial charge in [0.15, 0.2) is 0 Å². The number of hydrogen-bond acceptors (Lipinski definition) is 1. The highest BCUT2D eigenvalue weighted by molar-refractivity contribution is 5.24. The quantitative estimate of drug-likeness (QED) is 0.732. The van der Waals surface area contributed by atoms with Gasteiger partial charge < -0.3 is 4.74 Å². The summed E-state index contributed by atoms with van der Waals surface area (Å²) < 4.78 is 5.63. The predicted octanol–water partition coefficient (Wildman–Crippen LogP) is 3.57. The van der Waals surface area contributed by atoms with Crippen LogP contribution < -0.4 is 4.74 Å². The largest absolute Gasteiger partial charge is 0.489 e. The van der Waals surface area contributed by atoms with E-state index in [0.717, 1.165) is 5.75 Å². The summed E-state index contributed by atoms with van der Waals surface area (Å²) in [6.45, 7) is 2.71. The fraction of sp³-hybridized carbons (Fsp3) is 0.143. The zero-order valence-corrected chi connectivity index (χ0v) is 8.81. The molecule has 0 fully saturated rings. The van der Waals surface area contributed by atoms with Crippen LogP contribution in [0.5, 0.6) is 5.75 Å². The van der Waals surface area contributed by atoms with Crippen molar-refractivity contribution in [3.63, 3.8) is 0 Å². The topological polar surface area (TPSA) is 9.23 Å². The van der Waals surface area contributed by atoms with Gasteiger partial charge in [-0.15, -0.1) is 0 Å². The van der Waals surface area contributed by atoms with Crippen molar-refractivity contribution in [2.75, 3.05) is 0 Å². The smallest absolute Gasteiger partial charge is 0.119 e. The molecule has 0 radical (unpaired) electrons. The van der Waals surface area contributed by atoms with Crippen molar-refractivity contribution in [1.82, 2.24) is 0 Å². The van der Waals surface area contributed by atoms with Crippen molar-refractivity contribution < 1.29 is 4.74 Å². The Morgan fingerprint density at radius 3 is 2.20 bits per heavy atom. The molecule has 2 aromatic carbocycles. The van der Waals surface area contributed by atoms with E-state index in [1.165, 1.54) is 11.1 Å². The summed E-state index contributed by atoms with van der Waals surface area (Å²) >= 11 is 0. The van der Waals surface area contributed by atoms with Gasteiger partial charge in [0.05, 0.1) is 0 Å². The third-order valence-corrected chi connectivity index (χ3v) is 2.27. The lowest BCUT2D eigenvalue weighted by Crippen LogP contribution is -1.94. The normalized spacial score (nSPS) is 9.93. The van der Waals surface area contributed by atoms with Crippen LogP contribution >= 0.6 is 0 Å². The lowest BCUT2D eigenvalue weighted by atomic mass is 10.2. The average Bonchev–Trinajstić information content (AvgIpc) is 2.30. The van der Waals surface area contributed by atoms with Gasteiger partial charge in [-0.3, -0.25) is 0 Å². The number of para-hydroxylation sites is 1. The van der Waals surface area contributed by atoms with Gasteiger partial charge in [-0.25, -0.2) is 0 Å². The molecule has 0 unspecified atom stereocenters. The van der Waals surface area contributed by atoms with Crippen LogP contribution in [0.25, 0.3) is 0 Å². The fourth-order valence-corrected chi connectivity index (χ4v) is 1.37. The summed E-state index contributed by atoms with van der Waals surface area (Å²) in [7, 11) is 0. The van der Waals surface area contributed by atoms with E-state index in [9.17, 15) is 0 Å². The molecule has 0 atom stereocenters. The van der Waals surface area contributed by atoms with Gasteiger partial charge in [-0.1, -0.05) is 48.0 Å². The minimum Gasteiger partial charge on any atom is -0.489 e. The molecular formula is C14H14O. The maximum absolute atomic E-state index is 5.63. The van der Waals surface area contributed by atoms with Gasteiger partial charge in [-0.05, 0) is 24.6 Å². The summed E-state index contributed by atoms with van der Waals surface area (Å²) in [4.78, 5) is 0. The number of hydrogen-bond donors (Lipinski definition) is 0. The van der Waals surface area contributed by atoms with Crippen LogP contribution in [0.1, 0.15) is 11.1 Å². The molecule has 0 aliphatic heterocycles. The van der Waals surface area contributed by atoms with E-state index >= 15 is 0 Å². The molecule has 0 saturated heterocycles. The highest BCUT2D eigenvalue weighted by Gasteiger charge is 1.94. The molecule has 1 nitrogen and oxygen atoms in total. The van der Waals surface area contributed by atoms with E-state index in [-0.39, 0.29) is 0 Å². The molecule has 0 spiro atoms. The van der Waals surface area contributed by atoms with Gasteiger partial charge in [-0.2, -0.15) is 0 Å². The molecule has 15 heavy (non-hydrogen) atoms. The maximum Gasteiger partial charge on any atom is 0.119 e. The Labute approximate surface area is 90.3 Å². The first kappa shape index (κ1) is 9.78. The second-order valence-corrected chi connectivity index (χ2v) is 3.59. The van der Waals surface area contributed by atoms with Crippen LogP contribution in [0.4, 0.5) is 0 Å². The van der Waals surface area contributed by atoms with Gasteiger partial charge in [0.2, 0.25) is 0 Å². The van der Waals surface area contributed by atoms with Crippen molar-refractivity contribution in [3.8, 4) is 5.75 Å². The second kappa shape index (κ2) is 4.65. The Hall–Kier alpha value is -1.76. The third kappa shape index (κ3) is 2.84. The zero-order valence-electron chi connectivity index (χ0n) is 8.81. The van der Waals surface area contributed by atoms with Crippen molar-refractivity contribution >= 4 is 0 Å². The standard InChI is InChI=1S/C14H14O/c1-12-7-9-13(10-8-12)11-15-14-5-3-2-4-6-14/h2-10H,11H2,1H3. The van der Waals surface area contributed by atoms with Crippen LogP contribution in [0.2, 0.25) is 0 Å². The Morgan fingerprint density at radius 1 is 0.867 bits per heavy atom. The summed E-state index contributed by atoms with van der Waals surface area (Å²) in [5, 5.41) is 0. The molecule has 1 heteroatoms. The molecule has 76 valence electrons. The number of ether oxygens (including phenoxy) is 1. The van der Waals surface area contributed by atoms with Crippen molar-refractivity contribution in [2.24, 2.45) is 0 Å². The van der Waals surface area contributed by atoms with Gasteiger partial charge >= 0.3 is 0 Å². The Balaban J connectivity index is 1.96. The fourth-order valence-electron chi connectivity index (χ4n) is 1.37. The van der Waals surface area contributed by atoms with Gasteiger partial charge in [0.25, 0.3) is 0 Å². The van der Waals surface area contributed by atoms with Crippen LogP contribution in [0.3, 0.4) is 0 Å². The van der Waals surface area contributed by atoms with E-state index < -0.39 is 0 Å². The molecule has 2 aromatic rings. The van der Waals surface area contributed by atoms with Crippen molar-refractivity contribution in [3.05, 3.63) is 65.7 Å². The lowest BCUT2D eigenvalue weighted by Gasteiger charge is -2.05. The highest BCUT2D eigenvalue weighted by Crippen LogP contribution is 2.11. The molecule has 0 heterocycles. The molecule has 0 amide bonds.